The van der Waals surface area contributed by atoms with E-state index in [4.69, 9.17) is 0 Å². The van der Waals surface area contributed by atoms with Crippen LogP contribution in [0.5, 0.6) is 0 Å². The van der Waals surface area contributed by atoms with E-state index in [0.29, 0.717) is 6.04 Å². The molecular formula is C16H27N3. The SMILES string of the molecule is CCNCc1ccnc(N(CC)C2CCCCC2)c1. The summed E-state index contributed by atoms with van der Waals surface area (Å²) in [5, 5.41) is 3.38. The molecule has 1 aromatic heterocycles. The van der Waals surface area contributed by atoms with E-state index in [9.17, 15) is 0 Å². The van der Waals surface area contributed by atoms with Crippen LogP contribution in [0.4, 0.5) is 5.82 Å². The Hall–Kier alpha value is -1.09. The van der Waals surface area contributed by atoms with Gasteiger partial charge in [0, 0.05) is 25.3 Å². The van der Waals surface area contributed by atoms with Crippen LogP contribution >= 0.6 is 0 Å². The van der Waals surface area contributed by atoms with Gasteiger partial charge in [-0.1, -0.05) is 26.2 Å². The Morgan fingerprint density at radius 3 is 2.74 bits per heavy atom. The van der Waals surface area contributed by atoms with Crippen molar-refractivity contribution in [1.29, 1.82) is 0 Å². The smallest absolute Gasteiger partial charge is 0.129 e. The zero-order valence-corrected chi connectivity index (χ0v) is 12.4. The number of nitrogens with one attached hydrogen (secondary N) is 1. The van der Waals surface area contributed by atoms with E-state index in [1.807, 2.05) is 6.20 Å². The maximum Gasteiger partial charge on any atom is 0.129 e. The van der Waals surface area contributed by atoms with Gasteiger partial charge in [-0.2, -0.15) is 0 Å². The number of rotatable bonds is 6. The average Bonchev–Trinajstić information content (AvgIpc) is 2.47. The van der Waals surface area contributed by atoms with Gasteiger partial charge in [0.15, 0.2) is 0 Å². The molecule has 1 fully saturated rings. The quantitative estimate of drug-likeness (QED) is 0.851. The zero-order valence-electron chi connectivity index (χ0n) is 12.4. The van der Waals surface area contributed by atoms with Crippen molar-refractivity contribution in [3.8, 4) is 0 Å². The minimum atomic E-state index is 0.695. The molecule has 0 atom stereocenters. The molecule has 1 aromatic rings. The van der Waals surface area contributed by atoms with Gasteiger partial charge >= 0.3 is 0 Å². The van der Waals surface area contributed by atoms with E-state index in [0.717, 1.165) is 25.5 Å². The Kier molecular flexibility index (Phi) is 5.64. The first-order valence-corrected chi connectivity index (χ1v) is 7.77. The maximum absolute atomic E-state index is 4.59. The van der Waals surface area contributed by atoms with Crippen LogP contribution in [0.1, 0.15) is 51.5 Å². The summed E-state index contributed by atoms with van der Waals surface area (Å²) in [6.45, 7) is 7.39. The zero-order chi connectivity index (χ0) is 13.5. The standard InChI is InChI=1S/C16H27N3/c1-3-17-13-14-10-11-18-16(12-14)19(4-2)15-8-6-5-7-9-15/h10-12,15,17H,3-9,13H2,1-2H3. The van der Waals surface area contributed by atoms with Crippen molar-refractivity contribution in [2.75, 3.05) is 18.0 Å². The number of anilines is 1. The Morgan fingerprint density at radius 2 is 2.05 bits per heavy atom. The van der Waals surface area contributed by atoms with E-state index in [-0.39, 0.29) is 0 Å². The van der Waals surface area contributed by atoms with E-state index < -0.39 is 0 Å². The van der Waals surface area contributed by atoms with Gasteiger partial charge in [0.25, 0.3) is 0 Å². The van der Waals surface area contributed by atoms with Crippen LogP contribution in [0.25, 0.3) is 0 Å². The van der Waals surface area contributed by atoms with Crippen molar-refractivity contribution in [2.24, 2.45) is 0 Å². The number of pyridine rings is 1. The first kappa shape index (κ1) is 14.3. The largest absolute Gasteiger partial charge is 0.354 e. The summed E-state index contributed by atoms with van der Waals surface area (Å²) in [6, 6.07) is 5.06. The molecule has 0 saturated heterocycles. The summed E-state index contributed by atoms with van der Waals surface area (Å²) >= 11 is 0. The summed E-state index contributed by atoms with van der Waals surface area (Å²) in [4.78, 5) is 7.09. The second kappa shape index (κ2) is 7.49. The molecule has 3 heteroatoms. The van der Waals surface area contributed by atoms with Gasteiger partial charge in [0.1, 0.15) is 5.82 Å². The molecule has 0 aliphatic heterocycles. The third-order valence-electron chi connectivity index (χ3n) is 4.04. The third-order valence-corrected chi connectivity index (χ3v) is 4.04. The van der Waals surface area contributed by atoms with E-state index in [1.54, 1.807) is 0 Å². The number of hydrogen-bond acceptors (Lipinski definition) is 3. The molecule has 1 aliphatic carbocycles. The molecule has 2 rings (SSSR count). The topological polar surface area (TPSA) is 28.2 Å². The third kappa shape index (κ3) is 3.93. The molecule has 3 nitrogen and oxygen atoms in total. The number of aromatic nitrogens is 1. The van der Waals surface area contributed by atoms with Crippen LogP contribution < -0.4 is 10.2 Å². The molecular weight excluding hydrogens is 234 g/mol. The summed E-state index contributed by atoms with van der Waals surface area (Å²) in [6.07, 6.45) is 8.76. The van der Waals surface area contributed by atoms with Gasteiger partial charge in [0.05, 0.1) is 0 Å². The van der Waals surface area contributed by atoms with Crippen LogP contribution in [0, 0.1) is 0 Å². The highest BCUT2D eigenvalue weighted by molar-refractivity contribution is 5.42. The highest BCUT2D eigenvalue weighted by atomic mass is 15.2. The summed E-state index contributed by atoms with van der Waals surface area (Å²) in [5.74, 6) is 1.16. The predicted octanol–water partition coefficient (Wildman–Crippen LogP) is 3.35. The molecule has 106 valence electrons. The Balaban J connectivity index is 2.08. The fourth-order valence-corrected chi connectivity index (χ4v) is 3.00. The normalized spacial score (nSPS) is 16.5. The van der Waals surface area contributed by atoms with E-state index in [1.165, 1.54) is 37.7 Å². The maximum atomic E-state index is 4.59. The fraction of sp³-hybridized carbons (Fsp3) is 0.688. The monoisotopic (exact) mass is 261 g/mol. The summed E-state index contributed by atoms with van der Waals surface area (Å²) < 4.78 is 0. The van der Waals surface area contributed by atoms with Crippen molar-refractivity contribution in [1.82, 2.24) is 10.3 Å². The lowest BCUT2D eigenvalue weighted by atomic mass is 9.94. The number of hydrogen-bond donors (Lipinski definition) is 1. The van der Waals surface area contributed by atoms with Gasteiger partial charge < -0.3 is 10.2 Å². The lowest BCUT2D eigenvalue weighted by molar-refractivity contribution is 0.416. The fourth-order valence-electron chi connectivity index (χ4n) is 3.00. The second-order valence-electron chi connectivity index (χ2n) is 5.38. The van der Waals surface area contributed by atoms with Crippen LogP contribution in [0.15, 0.2) is 18.3 Å². The molecule has 1 saturated carbocycles. The van der Waals surface area contributed by atoms with Crippen molar-refractivity contribution in [3.05, 3.63) is 23.9 Å². The minimum Gasteiger partial charge on any atom is -0.354 e. The molecule has 1 heterocycles. The second-order valence-corrected chi connectivity index (χ2v) is 5.38. The van der Waals surface area contributed by atoms with Crippen LogP contribution in [0.3, 0.4) is 0 Å². The minimum absolute atomic E-state index is 0.695. The highest BCUT2D eigenvalue weighted by Crippen LogP contribution is 2.26. The van der Waals surface area contributed by atoms with Crippen LogP contribution in [-0.2, 0) is 6.54 Å². The van der Waals surface area contributed by atoms with E-state index in [2.05, 4.69) is 41.2 Å². The Morgan fingerprint density at radius 1 is 1.26 bits per heavy atom. The molecule has 0 unspecified atom stereocenters. The highest BCUT2D eigenvalue weighted by Gasteiger charge is 2.21. The molecule has 0 bridgehead atoms. The lowest BCUT2D eigenvalue weighted by Gasteiger charge is -2.34. The van der Waals surface area contributed by atoms with Crippen LogP contribution in [-0.4, -0.2) is 24.1 Å². The van der Waals surface area contributed by atoms with E-state index >= 15 is 0 Å². The number of nitrogens with zero attached hydrogens (tertiary/aromatic N) is 2. The molecule has 0 radical (unpaired) electrons. The van der Waals surface area contributed by atoms with Gasteiger partial charge in [-0.15, -0.1) is 0 Å². The molecule has 0 spiro atoms. The van der Waals surface area contributed by atoms with Crippen molar-refractivity contribution in [2.45, 2.75) is 58.5 Å². The van der Waals surface area contributed by atoms with Gasteiger partial charge in [0.2, 0.25) is 0 Å². The predicted molar refractivity (Wildman–Crippen MR) is 81.5 cm³/mol. The van der Waals surface area contributed by atoms with Crippen molar-refractivity contribution in [3.63, 3.8) is 0 Å². The first-order chi connectivity index (χ1) is 9.35. The Labute approximate surface area is 117 Å². The van der Waals surface area contributed by atoms with Gasteiger partial charge in [-0.05, 0) is 44.0 Å². The van der Waals surface area contributed by atoms with Crippen molar-refractivity contribution < 1.29 is 0 Å². The van der Waals surface area contributed by atoms with Crippen molar-refractivity contribution >= 4 is 5.82 Å². The molecule has 0 amide bonds. The van der Waals surface area contributed by atoms with Gasteiger partial charge in [-0.3, -0.25) is 0 Å². The molecule has 19 heavy (non-hydrogen) atoms. The molecule has 0 aromatic carbocycles. The first-order valence-electron chi connectivity index (χ1n) is 7.77. The summed E-state index contributed by atoms with van der Waals surface area (Å²) in [7, 11) is 0. The lowest BCUT2D eigenvalue weighted by Crippen LogP contribution is -2.37. The molecule has 1 aliphatic rings. The molecule has 1 N–H and O–H groups in total. The Bertz CT molecular complexity index is 372. The average molecular weight is 261 g/mol. The van der Waals surface area contributed by atoms with Crippen LogP contribution in [0.2, 0.25) is 0 Å². The van der Waals surface area contributed by atoms with Gasteiger partial charge in [-0.25, -0.2) is 4.98 Å². The summed E-state index contributed by atoms with van der Waals surface area (Å²) in [5.41, 5.74) is 1.33.